The van der Waals surface area contributed by atoms with Gasteiger partial charge in [0.1, 0.15) is 5.82 Å². The van der Waals surface area contributed by atoms with Crippen LogP contribution >= 0.6 is 34.2 Å². The molecule has 2 aromatic rings. The van der Waals surface area contributed by atoms with Crippen molar-refractivity contribution in [2.24, 2.45) is 0 Å². The van der Waals surface area contributed by atoms with Gasteiger partial charge in [-0.3, -0.25) is 0 Å². The first-order chi connectivity index (χ1) is 8.11. The van der Waals surface area contributed by atoms with Crippen LogP contribution in [0.5, 0.6) is 0 Å². The zero-order chi connectivity index (χ0) is 12.4. The Labute approximate surface area is 116 Å². The second-order valence-electron chi connectivity index (χ2n) is 3.46. The number of hydrogen-bond acceptors (Lipinski definition) is 3. The molecule has 0 N–H and O–H groups in total. The fourth-order valence-electron chi connectivity index (χ4n) is 1.32. The number of rotatable bonds is 3. The fourth-order valence-corrected chi connectivity index (χ4v) is 2.11. The van der Waals surface area contributed by atoms with Crippen molar-refractivity contribution in [3.05, 3.63) is 33.4 Å². The van der Waals surface area contributed by atoms with Crippen LogP contribution in [0.1, 0.15) is 24.5 Å². The Hall–Kier alpha value is -0.690. The Morgan fingerprint density at radius 1 is 1.53 bits per heavy atom. The predicted octanol–water partition coefficient (Wildman–Crippen LogP) is 4.17. The van der Waals surface area contributed by atoms with Crippen LogP contribution in [0.15, 0.2) is 22.7 Å². The molecule has 0 bridgehead atoms. The summed E-state index contributed by atoms with van der Waals surface area (Å²) in [4.78, 5) is 4.20. The maximum atomic E-state index is 13.0. The topological polar surface area (TPSA) is 38.9 Å². The van der Waals surface area contributed by atoms with E-state index < -0.39 is 0 Å². The van der Waals surface area contributed by atoms with Gasteiger partial charge >= 0.3 is 0 Å². The minimum atomic E-state index is -0.290. The quantitative estimate of drug-likeness (QED) is 0.604. The average molecular weight is 367 g/mol. The maximum Gasteiger partial charge on any atom is 0.259 e. The Morgan fingerprint density at radius 2 is 2.29 bits per heavy atom. The van der Waals surface area contributed by atoms with Crippen LogP contribution in [0.3, 0.4) is 0 Å². The first kappa shape index (κ1) is 12.8. The van der Waals surface area contributed by atoms with Gasteiger partial charge in [-0.15, -0.1) is 11.6 Å². The fraction of sp³-hybridized carbons (Fsp3) is 0.273. The Bertz CT molecular complexity index is 532. The summed E-state index contributed by atoms with van der Waals surface area (Å²) in [7, 11) is 0. The maximum absolute atomic E-state index is 13.0. The number of hydrogen-bond donors (Lipinski definition) is 0. The first-order valence-electron chi connectivity index (χ1n) is 5.05. The van der Waals surface area contributed by atoms with Crippen LogP contribution in [-0.2, 0) is 0 Å². The van der Waals surface area contributed by atoms with Crippen LogP contribution in [0, 0.1) is 9.39 Å². The van der Waals surface area contributed by atoms with Gasteiger partial charge < -0.3 is 4.52 Å². The Morgan fingerprint density at radius 3 is 2.94 bits per heavy atom. The van der Waals surface area contributed by atoms with Gasteiger partial charge in [0, 0.05) is 3.57 Å². The second-order valence-corrected chi connectivity index (χ2v) is 5.15. The molecule has 1 aromatic heterocycles. The highest BCUT2D eigenvalue weighted by Gasteiger charge is 2.16. The summed E-state index contributed by atoms with van der Waals surface area (Å²) in [6, 6.07) is 4.39. The summed E-state index contributed by atoms with van der Waals surface area (Å²) in [6.45, 7) is 1.94. The van der Waals surface area contributed by atoms with Gasteiger partial charge in [-0.1, -0.05) is 12.1 Å². The third-order valence-corrected chi connectivity index (χ3v) is 3.64. The molecule has 6 heteroatoms. The summed E-state index contributed by atoms with van der Waals surface area (Å²) in [5.41, 5.74) is 0.714. The number of benzene rings is 1. The van der Waals surface area contributed by atoms with E-state index in [2.05, 4.69) is 10.1 Å². The van der Waals surface area contributed by atoms with E-state index in [1.54, 1.807) is 6.07 Å². The van der Waals surface area contributed by atoms with Gasteiger partial charge in [-0.2, -0.15) is 4.98 Å². The van der Waals surface area contributed by atoms with Crippen molar-refractivity contribution in [1.82, 2.24) is 10.1 Å². The molecule has 0 spiro atoms. The molecule has 0 saturated carbocycles. The van der Waals surface area contributed by atoms with Crippen molar-refractivity contribution in [1.29, 1.82) is 0 Å². The number of aromatic nitrogens is 2. The van der Waals surface area contributed by atoms with E-state index in [1.165, 1.54) is 12.1 Å². The smallest absolute Gasteiger partial charge is 0.259 e. The Balaban J connectivity index is 2.37. The van der Waals surface area contributed by atoms with E-state index in [1.807, 2.05) is 29.5 Å². The second kappa shape index (κ2) is 5.30. The van der Waals surface area contributed by atoms with Crippen molar-refractivity contribution >= 4 is 34.2 Å². The number of halogens is 3. The van der Waals surface area contributed by atoms with E-state index in [0.29, 0.717) is 17.3 Å². The molecule has 0 saturated heterocycles. The van der Waals surface area contributed by atoms with Crippen LogP contribution in [-0.4, -0.2) is 10.1 Å². The van der Waals surface area contributed by atoms with E-state index in [4.69, 9.17) is 16.1 Å². The zero-order valence-electron chi connectivity index (χ0n) is 8.95. The summed E-state index contributed by atoms with van der Waals surface area (Å²) in [5, 5.41) is 3.55. The molecule has 1 aromatic carbocycles. The van der Waals surface area contributed by atoms with Crippen LogP contribution < -0.4 is 0 Å². The molecule has 2 rings (SSSR count). The molecule has 0 aliphatic rings. The first-order valence-corrected chi connectivity index (χ1v) is 6.56. The minimum absolute atomic E-state index is 0.259. The van der Waals surface area contributed by atoms with Gasteiger partial charge in [0.2, 0.25) is 0 Å². The van der Waals surface area contributed by atoms with Gasteiger partial charge in [-0.05, 0) is 47.2 Å². The van der Waals surface area contributed by atoms with Gasteiger partial charge in [0.15, 0.2) is 5.82 Å². The van der Waals surface area contributed by atoms with Crippen molar-refractivity contribution in [3.63, 3.8) is 0 Å². The SMILES string of the molecule is CCC(Cl)c1noc(-c2ccc(F)cc2I)n1. The highest BCUT2D eigenvalue weighted by Crippen LogP contribution is 2.27. The molecule has 3 nitrogen and oxygen atoms in total. The molecule has 17 heavy (non-hydrogen) atoms. The summed E-state index contributed by atoms with van der Waals surface area (Å²) < 4.78 is 18.8. The van der Waals surface area contributed by atoms with Crippen molar-refractivity contribution in [3.8, 4) is 11.5 Å². The van der Waals surface area contributed by atoms with Gasteiger partial charge in [0.05, 0.1) is 10.9 Å². The van der Waals surface area contributed by atoms with Crippen LogP contribution in [0.2, 0.25) is 0 Å². The van der Waals surface area contributed by atoms with Crippen molar-refractivity contribution < 1.29 is 8.91 Å². The molecular weight excluding hydrogens is 357 g/mol. The minimum Gasteiger partial charge on any atom is -0.334 e. The van der Waals surface area contributed by atoms with E-state index in [-0.39, 0.29) is 11.2 Å². The summed E-state index contributed by atoms with van der Waals surface area (Å²) >= 11 is 8.03. The molecular formula is C11H9ClFIN2O. The molecule has 0 fully saturated rings. The molecule has 1 atom stereocenters. The monoisotopic (exact) mass is 366 g/mol. The number of alkyl halides is 1. The molecule has 0 radical (unpaired) electrons. The zero-order valence-corrected chi connectivity index (χ0v) is 11.9. The molecule has 90 valence electrons. The molecule has 1 heterocycles. The highest BCUT2D eigenvalue weighted by molar-refractivity contribution is 14.1. The van der Waals surface area contributed by atoms with Crippen molar-refractivity contribution in [2.75, 3.05) is 0 Å². The largest absolute Gasteiger partial charge is 0.334 e. The number of nitrogens with zero attached hydrogens (tertiary/aromatic N) is 2. The van der Waals surface area contributed by atoms with E-state index in [0.717, 1.165) is 9.99 Å². The van der Waals surface area contributed by atoms with Crippen molar-refractivity contribution in [2.45, 2.75) is 18.7 Å². The Kier molecular flexibility index (Phi) is 3.98. The highest BCUT2D eigenvalue weighted by atomic mass is 127. The lowest BCUT2D eigenvalue weighted by molar-refractivity contribution is 0.421. The van der Waals surface area contributed by atoms with E-state index in [9.17, 15) is 4.39 Å². The summed E-state index contributed by atoms with van der Waals surface area (Å²) in [6.07, 6.45) is 0.723. The molecule has 0 aliphatic carbocycles. The average Bonchev–Trinajstić information content (AvgIpc) is 2.77. The van der Waals surface area contributed by atoms with E-state index >= 15 is 0 Å². The normalized spacial score (nSPS) is 12.7. The predicted molar refractivity (Wildman–Crippen MR) is 71.3 cm³/mol. The van der Waals surface area contributed by atoms with Crippen LogP contribution in [0.4, 0.5) is 4.39 Å². The van der Waals surface area contributed by atoms with Gasteiger partial charge in [-0.25, -0.2) is 4.39 Å². The molecule has 0 aliphatic heterocycles. The third-order valence-electron chi connectivity index (χ3n) is 2.24. The van der Waals surface area contributed by atoms with Gasteiger partial charge in [0.25, 0.3) is 5.89 Å². The third kappa shape index (κ3) is 2.77. The van der Waals surface area contributed by atoms with Crippen LogP contribution in [0.25, 0.3) is 11.5 Å². The standard InChI is InChI=1S/C11H9ClFIN2O/c1-2-8(12)10-15-11(17-16-10)7-4-3-6(13)5-9(7)14/h3-5,8H,2H2,1H3. The summed E-state index contributed by atoms with van der Waals surface area (Å²) in [5.74, 6) is 0.537. The molecule has 1 unspecified atom stereocenters. The lowest BCUT2D eigenvalue weighted by Crippen LogP contribution is -1.91. The lowest BCUT2D eigenvalue weighted by Gasteiger charge is -1.98. The lowest BCUT2D eigenvalue weighted by atomic mass is 10.2. The molecule has 0 amide bonds.